The minimum atomic E-state index is 0.380. The van der Waals surface area contributed by atoms with Crippen LogP contribution in [0, 0.1) is 0 Å². The summed E-state index contributed by atoms with van der Waals surface area (Å²) in [5.41, 5.74) is 0. The molecule has 0 radical (unpaired) electrons. The molecule has 1 saturated heterocycles. The summed E-state index contributed by atoms with van der Waals surface area (Å²) in [6, 6.07) is 10.4. The Kier molecular flexibility index (Phi) is 3.24. The van der Waals surface area contributed by atoms with Crippen LogP contribution in [0.3, 0.4) is 0 Å². The number of ether oxygens (including phenoxy) is 1. The quantitative estimate of drug-likeness (QED) is 0.742. The molecule has 0 spiro atoms. The second kappa shape index (κ2) is 4.65. The summed E-state index contributed by atoms with van der Waals surface area (Å²) in [7, 11) is 0. The molecule has 1 aliphatic rings. The fraction of sp³-hybridized carbons (Fsp3) is 0.400. The van der Waals surface area contributed by atoms with E-state index in [1.54, 1.807) is 0 Å². The lowest BCUT2D eigenvalue weighted by Gasteiger charge is -2.06. The van der Waals surface area contributed by atoms with Crippen LogP contribution in [-0.2, 0) is 4.74 Å². The van der Waals surface area contributed by atoms with Crippen molar-refractivity contribution in [3.05, 3.63) is 30.3 Å². The van der Waals surface area contributed by atoms with Gasteiger partial charge in [0.05, 0.1) is 12.8 Å². The minimum absolute atomic E-state index is 0.380. The summed E-state index contributed by atoms with van der Waals surface area (Å²) in [5.74, 6) is 1.04. The van der Waals surface area contributed by atoms with Gasteiger partial charge in [-0.1, -0.05) is 18.2 Å². The van der Waals surface area contributed by atoms with E-state index in [0.717, 1.165) is 12.3 Å². The van der Waals surface area contributed by atoms with Crippen molar-refractivity contribution >= 4 is 11.8 Å². The lowest BCUT2D eigenvalue weighted by atomic mass is 10.4. The third kappa shape index (κ3) is 2.72. The van der Waals surface area contributed by atoms with Gasteiger partial charge in [0.1, 0.15) is 0 Å². The zero-order valence-corrected chi connectivity index (χ0v) is 8.22. The molecule has 1 heterocycles. The summed E-state index contributed by atoms with van der Waals surface area (Å²) in [4.78, 5) is 1.32. The molecular weight excluding hydrogens is 182 g/mol. The Bertz CT molecular complexity index is 246. The van der Waals surface area contributed by atoms with Gasteiger partial charge in [0.25, 0.3) is 0 Å². The Labute approximate surface area is 82.7 Å². The van der Waals surface area contributed by atoms with Crippen molar-refractivity contribution in [3.63, 3.8) is 0 Å². The second-order valence-corrected chi connectivity index (χ2v) is 4.10. The van der Waals surface area contributed by atoms with Crippen LogP contribution >= 0.6 is 11.8 Å². The van der Waals surface area contributed by atoms with Gasteiger partial charge < -0.3 is 4.74 Å². The van der Waals surface area contributed by atoms with Crippen LogP contribution < -0.4 is 5.32 Å². The van der Waals surface area contributed by atoms with Gasteiger partial charge in [-0.3, -0.25) is 5.32 Å². The topological polar surface area (TPSA) is 21.3 Å². The third-order valence-electron chi connectivity index (χ3n) is 1.97. The van der Waals surface area contributed by atoms with Gasteiger partial charge in [-0.25, -0.2) is 0 Å². The van der Waals surface area contributed by atoms with Gasteiger partial charge in [0, 0.05) is 17.2 Å². The summed E-state index contributed by atoms with van der Waals surface area (Å²) < 4.78 is 5.44. The molecule has 2 rings (SSSR count). The largest absolute Gasteiger partial charge is 0.361 e. The standard InChI is InChI=1S/C10H13NOS/c1-2-4-10(5-3-1)13-7-9-6-11-8-12-9/h1-5,9,11H,6-8H2. The molecule has 13 heavy (non-hydrogen) atoms. The summed E-state index contributed by atoms with van der Waals surface area (Å²) in [6.07, 6.45) is 0.380. The molecule has 1 N–H and O–H groups in total. The number of thioether (sulfide) groups is 1. The van der Waals surface area contributed by atoms with E-state index in [-0.39, 0.29) is 0 Å². The van der Waals surface area contributed by atoms with Crippen molar-refractivity contribution in [2.75, 3.05) is 19.0 Å². The van der Waals surface area contributed by atoms with Crippen LogP contribution in [-0.4, -0.2) is 25.1 Å². The lowest BCUT2D eigenvalue weighted by molar-refractivity contribution is 0.130. The molecule has 1 atom stereocenters. The van der Waals surface area contributed by atoms with Crippen molar-refractivity contribution in [2.45, 2.75) is 11.0 Å². The first kappa shape index (κ1) is 9.06. The molecule has 1 aromatic carbocycles. The van der Waals surface area contributed by atoms with Crippen molar-refractivity contribution in [1.29, 1.82) is 0 Å². The number of benzene rings is 1. The van der Waals surface area contributed by atoms with Crippen LogP contribution in [0.15, 0.2) is 35.2 Å². The van der Waals surface area contributed by atoms with Crippen LogP contribution in [0.1, 0.15) is 0 Å². The van der Waals surface area contributed by atoms with Gasteiger partial charge in [-0.2, -0.15) is 0 Å². The van der Waals surface area contributed by atoms with E-state index in [1.165, 1.54) is 4.90 Å². The Balaban J connectivity index is 1.79. The Morgan fingerprint density at radius 2 is 2.23 bits per heavy atom. The molecule has 3 heteroatoms. The maximum absolute atomic E-state index is 5.44. The smallest absolute Gasteiger partial charge is 0.0971 e. The Morgan fingerprint density at radius 1 is 1.38 bits per heavy atom. The van der Waals surface area contributed by atoms with Crippen molar-refractivity contribution in [1.82, 2.24) is 5.32 Å². The molecule has 1 fully saturated rings. The van der Waals surface area contributed by atoms with E-state index in [4.69, 9.17) is 4.74 Å². The maximum Gasteiger partial charge on any atom is 0.0971 e. The SMILES string of the molecule is c1ccc(SCC2CNCO2)cc1. The van der Waals surface area contributed by atoms with E-state index >= 15 is 0 Å². The zero-order valence-electron chi connectivity index (χ0n) is 7.40. The molecule has 0 bridgehead atoms. The molecule has 0 aliphatic carbocycles. The molecule has 0 amide bonds. The number of hydrogen-bond acceptors (Lipinski definition) is 3. The van der Waals surface area contributed by atoms with Crippen LogP contribution in [0.4, 0.5) is 0 Å². The van der Waals surface area contributed by atoms with E-state index < -0.39 is 0 Å². The first-order valence-corrected chi connectivity index (χ1v) is 5.44. The first-order chi connectivity index (χ1) is 6.45. The minimum Gasteiger partial charge on any atom is -0.361 e. The molecule has 0 saturated carbocycles. The summed E-state index contributed by atoms with van der Waals surface area (Å²) in [6.45, 7) is 1.69. The second-order valence-electron chi connectivity index (χ2n) is 3.01. The number of hydrogen-bond donors (Lipinski definition) is 1. The van der Waals surface area contributed by atoms with Crippen LogP contribution in [0.5, 0.6) is 0 Å². The van der Waals surface area contributed by atoms with Gasteiger partial charge in [0.2, 0.25) is 0 Å². The summed E-state index contributed by atoms with van der Waals surface area (Å²) in [5, 5.41) is 3.17. The van der Waals surface area contributed by atoms with Gasteiger partial charge in [-0.15, -0.1) is 11.8 Å². The molecule has 70 valence electrons. The summed E-state index contributed by atoms with van der Waals surface area (Å²) >= 11 is 1.85. The highest BCUT2D eigenvalue weighted by Gasteiger charge is 2.14. The highest BCUT2D eigenvalue weighted by Crippen LogP contribution is 2.19. The number of rotatable bonds is 3. The van der Waals surface area contributed by atoms with Gasteiger partial charge in [-0.05, 0) is 12.1 Å². The fourth-order valence-corrected chi connectivity index (χ4v) is 2.21. The average molecular weight is 195 g/mol. The highest BCUT2D eigenvalue weighted by atomic mass is 32.2. The molecular formula is C10H13NOS. The zero-order chi connectivity index (χ0) is 8.93. The Hall–Kier alpha value is -0.510. The molecule has 0 aromatic heterocycles. The van der Waals surface area contributed by atoms with Crippen LogP contribution in [0.2, 0.25) is 0 Å². The van der Waals surface area contributed by atoms with Crippen molar-refractivity contribution < 1.29 is 4.74 Å². The monoisotopic (exact) mass is 195 g/mol. The molecule has 1 aliphatic heterocycles. The lowest BCUT2D eigenvalue weighted by Crippen LogP contribution is -2.16. The maximum atomic E-state index is 5.44. The average Bonchev–Trinajstić information content (AvgIpc) is 2.69. The van der Waals surface area contributed by atoms with Crippen molar-refractivity contribution in [3.8, 4) is 0 Å². The number of nitrogens with one attached hydrogen (secondary N) is 1. The molecule has 1 unspecified atom stereocenters. The van der Waals surface area contributed by atoms with E-state index in [9.17, 15) is 0 Å². The highest BCUT2D eigenvalue weighted by molar-refractivity contribution is 7.99. The normalized spacial score (nSPS) is 22.0. The Morgan fingerprint density at radius 3 is 2.92 bits per heavy atom. The first-order valence-electron chi connectivity index (χ1n) is 4.45. The van der Waals surface area contributed by atoms with Crippen LogP contribution in [0.25, 0.3) is 0 Å². The van der Waals surface area contributed by atoms with E-state index in [2.05, 4.69) is 29.6 Å². The van der Waals surface area contributed by atoms with Crippen molar-refractivity contribution in [2.24, 2.45) is 0 Å². The predicted octanol–water partition coefficient (Wildman–Crippen LogP) is 1.72. The van der Waals surface area contributed by atoms with Gasteiger partial charge >= 0.3 is 0 Å². The van der Waals surface area contributed by atoms with Gasteiger partial charge in [0.15, 0.2) is 0 Å². The predicted molar refractivity (Wildman–Crippen MR) is 54.9 cm³/mol. The van der Waals surface area contributed by atoms with E-state index in [1.807, 2.05) is 17.8 Å². The molecule has 1 aromatic rings. The fourth-order valence-electron chi connectivity index (χ4n) is 1.27. The van der Waals surface area contributed by atoms with E-state index in [0.29, 0.717) is 12.8 Å². The molecule has 2 nitrogen and oxygen atoms in total. The third-order valence-corrected chi connectivity index (χ3v) is 3.12.